The summed E-state index contributed by atoms with van der Waals surface area (Å²) >= 11 is 0. The zero-order chi connectivity index (χ0) is 10.6. The number of rotatable bonds is 1. The Morgan fingerprint density at radius 3 is 1.93 bits per heavy atom. The van der Waals surface area contributed by atoms with E-state index in [0.29, 0.717) is 11.8 Å². The molecule has 15 heavy (non-hydrogen) atoms. The number of carbonyl (C=O) groups excluding carboxylic acids is 1. The predicted octanol–water partition coefficient (Wildman–Crippen LogP) is 1.39. The number of hydrogen-bond donors (Lipinski definition) is 1. The van der Waals surface area contributed by atoms with Crippen molar-refractivity contribution < 1.29 is 4.79 Å². The van der Waals surface area contributed by atoms with Crippen LogP contribution in [0.1, 0.15) is 32.1 Å². The van der Waals surface area contributed by atoms with Crippen molar-refractivity contribution in [3.8, 4) is 0 Å². The molecule has 0 spiro atoms. The Kier molecular flexibility index (Phi) is 2.06. The van der Waals surface area contributed by atoms with Gasteiger partial charge in [0.1, 0.15) is 0 Å². The van der Waals surface area contributed by atoms with E-state index in [1.54, 1.807) is 7.05 Å². The molecule has 0 aromatic carbocycles. The van der Waals surface area contributed by atoms with E-state index < -0.39 is 0 Å². The van der Waals surface area contributed by atoms with Crippen LogP contribution in [0.4, 0.5) is 0 Å². The number of hydrazine groups is 1. The molecular formula is C12H20N2O. The van der Waals surface area contributed by atoms with E-state index >= 15 is 0 Å². The lowest BCUT2D eigenvalue weighted by atomic mass is 9.51. The SMILES string of the molecule is CN(N)C(=O)C1C2CC3CC(C2)CC1C3. The van der Waals surface area contributed by atoms with Gasteiger partial charge in [0.2, 0.25) is 5.91 Å². The summed E-state index contributed by atoms with van der Waals surface area (Å²) in [5.74, 6) is 9.21. The van der Waals surface area contributed by atoms with E-state index in [0.717, 1.165) is 11.8 Å². The van der Waals surface area contributed by atoms with Crippen LogP contribution in [0.5, 0.6) is 0 Å². The maximum absolute atomic E-state index is 12.0. The number of nitrogens with zero attached hydrogens (tertiary/aromatic N) is 1. The molecule has 4 rings (SSSR count). The number of hydrogen-bond acceptors (Lipinski definition) is 2. The summed E-state index contributed by atoms with van der Waals surface area (Å²) in [7, 11) is 1.69. The second-order valence-corrected chi connectivity index (χ2v) is 5.91. The van der Waals surface area contributed by atoms with Crippen LogP contribution in [0.3, 0.4) is 0 Å². The third-order valence-corrected chi connectivity index (χ3v) is 4.86. The highest BCUT2D eigenvalue weighted by molar-refractivity contribution is 5.79. The van der Waals surface area contributed by atoms with Crippen LogP contribution >= 0.6 is 0 Å². The molecular weight excluding hydrogens is 188 g/mol. The van der Waals surface area contributed by atoms with Crippen LogP contribution < -0.4 is 5.84 Å². The maximum Gasteiger partial charge on any atom is 0.239 e. The fraction of sp³-hybridized carbons (Fsp3) is 0.917. The van der Waals surface area contributed by atoms with E-state index in [4.69, 9.17) is 5.84 Å². The first-order valence-electron chi connectivity index (χ1n) is 6.17. The molecule has 3 heteroatoms. The Bertz CT molecular complexity index is 259. The van der Waals surface area contributed by atoms with Crippen molar-refractivity contribution in [2.24, 2.45) is 35.4 Å². The lowest BCUT2D eigenvalue weighted by molar-refractivity contribution is -0.147. The average Bonchev–Trinajstić information content (AvgIpc) is 2.15. The Balaban J connectivity index is 1.83. The summed E-state index contributed by atoms with van der Waals surface area (Å²) < 4.78 is 0. The minimum Gasteiger partial charge on any atom is -0.284 e. The molecule has 0 saturated heterocycles. The largest absolute Gasteiger partial charge is 0.284 e. The van der Waals surface area contributed by atoms with Gasteiger partial charge in [-0.3, -0.25) is 9.80 Å². The second kappa shape index (κ2) is 3.21. The van der Waals surface area contributed by atoms with Crippen molar-refractivity contribution in [1.82, 2.24) is 5.01 Å². The van der Waals surface area contributed by atoms with Crippen LogP contribution in [0.15, 0.2) is 0 Å². The lowest BCUT2D eigenvalue weighted by Gasteiger charge is -2.54. The van der Waals surface area contributed by atoms with Gasteiger partial charge < -0.3 is 0 Å². The van der Waals surface area contributed by atoms with Gasteiger partial charge >= 0.3 is 0 Å². The molecule has 2 N–H and O–H groups in total. The first-order valence-corrected chi connectivity index (χ1v) is 6.17. The van der Waals surface area contributed by atoms with Crippen molar-refractivity contribution in [3.05, 3.63) is 0 Å². The van der Waals surface area contributed by atoms with E-state index in [1.807, 2.05) is 0 Å². The molecule has 4 bridgehead atoms. The van der Waals surface area contributed by atoms with Crippen LogP contribution in [0.2, 0.25) is 0 Å². The fourth-order valence-electron chi connectivity index (χ4n) is 4.56. The van der Waals surface area contributed by atoms with Crippen LogP contribution in [0, 0.1) is 29.6 Å². The highest BCUT2D eigenvalue weighted by Crippen LogP contribution is 2.56. The minimum absolute atomic E-state index is 0.184. The normalized spacial score (nSPS) is 46.9. The van der Waals surface area contributed by atoms with Gasteiger partial charge in [0, 0.05) is 13.0 Å². The Hall–Kier alpha value is -0.570. The van der Waals surface area contributed by atoms with Crippen molar-refractivity contribution in [2.45, 2.75) is 32.1 Å². The molecule has 0 aliphatic heterocycles. The topological polar surface area (TPSA) is 46.3 Å². The van der Waals surface area contributed by atoms with E-state index in [2.05, 4.69) is 0 Å². The van der Waals surface area contributed by atoms with Gasteiger partial charge in [0.25, 0.3) is 0 Å². The first-order chi connectivity index (χ1) is 7.15. The Morgan fingerprint density at radius 2 is 1.53 bits per heavy atom. The van der Waals surface area contributed by atoms with Crippen molar-refractivity contribution in [2.75, 3.05) is 7.05 Å². The molecule has 4 aliphatic carbocycles. The lowest BCUT2D eigenvalue weighted by Crippen LogP contribution is -2.52. The summed E-state index contributed by atoms with van der Waals surface area (Å²) in [6.07, 6.45) is 6.59. The smallest absolute Gasteiger partial charge is 0.239 e. The highest BCUT2D eigenvalue weighted by Gasteiger charge is 2.51. The molecule has 0 radical (unpaired) electrons. The quantitative estimate of drug-likeness (QED) is 0.402. The van der Waals surface area contributed by atoms with Gasteiger partial charge in [-0.15, -0.1) is 0 Å². The Labute approximate surface area is 91.0 Å². The van der Waals surface area contributed by atoms with Crippen LogP contribution in [-0.2, 0) is 4.79 Å². The molecule has 0 unspecified atom stereocenters. The van der Waals surface area contributed by atoms with E-state index in [1.165, 1.54) is 37.1 Å². The predicted molar refractivity (Wildman–Crippen MR) is 57.5 cm³/mol. The average molecular weight is 208 g/mol. The summed E-state index contributed by atoms with van der Waals surface area (Å²) in [5, 5.41) is 1.31. The van der Waals surface area contributed by atoms with Crippen molar-refractivity contribution in [3.63, 3.8) is 0 Å². The number of amides is 1. The Morgan fingerprint density at radius 1 is 1.07 bits per heavy atom. The molecule has 3 nitrogen and oxygen atoms in total. The summed E-state index contributed by atoms with van der Waals surface area (Å²) in [4.78, 5) is 12.0. The molecule has 0 heterocycles. The molecule has 4 aliphatic rings. The third kappa shape index (κ3) is 1.40. The number of nitrogens with two attached hydrogens (primary N) is 1. The van der Waals surface area contributed by atoms with Gasteiger partial charge in [-0.25, -0.2) is 5.84 Å². The molecule has 0 atom stereocenters. The monoisotopic (exact) mass is 208 g/mol. The summed E-state index contributed by atoms with van der Waals surface area (Å²) in [6, 6.07) is 0. The van der Waals surface area contributed by atoms with E-state index in [9.17, 15) is 4.79 Å². The number of carbonyl (C=O) groups is 1. The van der Waals surface area contributed by atoms with E-state index in [-0.39, 0.29) is 11.8 Å². The molecule has 4 saturated carbocycles. The second-order valence-electron chi connectivity index (χ2n) is 5.91. The molecule has 0 aromatic rings. The molecule has 84 valence electrons. The zero-order valence-electron chi connectivity index (χ0n) is 9.36. The highest BCUT2D eigenvalue weighted by atomic mass is 16.2. The van der Waals surface area contributed by atoms with Crippen LogP contribution in [0.25, 0.3) is 0 Å². The zero-order valence-corrected chi connectivity index (χ0v) is 9.36. The third-order valence-electron chi connectivity index (χ3n) is 4.86. The standard InChI is InChI=1S/C12H20N2O/c1-14(13)12(15)11-9-3-7-2-8(5-9)6-10(11)4-7/h7-11H,2-6,13H2,1H3. The van der Waals surface area contributed by atoms with Gasteiger partial charge in [0.05, 0.1) is 0 Å². The summed E-state index contributed by atoms with van der Waals surface area (Å²) in [5.41, 5.74) is 0. The van der Waals surface area contributed by atoms with Gasteiger partial charge in [0.15, 0.2) is 0 Å². The van der Waals surface area contributed by atoms with Gasteiger partial charge in [-0.05, 0) is 55.8 Å². The first kappa shape index (κ1) is 9.64. The molecule has 1 amide bonds. The minimum atomic E-state index is 0.184. The van der Waals surface area contributed by atoms with Gasteiger partial charge in [-0.1, -0.05) is 0 Å². The van der Waals surface area contributed by atoms with Gasteiger partial charge in [-0.2, -0.15) is 0 Å². The van der Waals surface area contributed by atoms with Crippen molar-refractivity contribution in [1.29, 1.82) is 0 Å². The maximum atomic E-state index is 12.0. The van der Waals surface area contributed by atoms with Crippen LogP contribution in [-0.4, -0.2) is 18.0 Å². The summed E-state index contributed by atoms with van der Waals surface area (Å²) in [6.45, 7) is 0. The molecule has 0 aromatic heterocycles. The van der Waals surface area contributed by atoms with Crippen molar-refractivity contribution >= 4 is 5.91 Å². The fourth-order valence-corrected chi connectivity index (χ4v) is 4.56. The molecule has 4 fully saturated rings.